The van der Waals surface area contributed by atoms with Crippen molar-refractivity contribution in [1.82, 2.24) is 15.0 Å². The molecule has 3 aromatic rings. The Kier molecular flexibility index (Phi) is 3.82. The molecule has 0 bridgehead atoms. The van der Waals surface area contributed by atoms with Crippen LogP contribution in [0.25, 0.3) is 10.2 Å². The van der Waals surface area contributed by atoms with Gasteiger partial charge in [-0.05, 0) is 25.1 Å². The molecular weight excluding hydrogens is 336 g/mol. The lowest BCUT2D eigenvalue weighted by Crippen LogP contribution is -2.13. The van der Waals surface area contributed by atoms with E-state index in [1.165, 1.54) is 29.8 Å². The third-order valence-electron chi connectivity index (χ3n) is 3.02. The number of thiazole rings is 1. The molecule has 0 saturated carbocycles. The fourth-order valence-corrected chi connectivity index (χ4v) is 3.48. The van der Waals surface area contributed by atoms with Gasteiger partial charge < -0.3 is 0 Å². The van der Waals surface area contributed by atoms with Crippen LogP contribution in [0, 0.1) is 6.92 Å². The van der Waals surface area contributed by atoms with Crippen LogP contribution in [0.5, 0.6) is 0 Å². The van der Waals surface area contributed by atoms with Crippen molar-refractivity contribution in [3.8, 4) is 0 Å². The first-order chi connectivity index (χ1) is 10.8. The molecule has 0 fully saturated rings. The number of nitrogens with zero attached hydrogens (tertiary/aromatic N) is 3. The van der Waals surface area contributed by atoms with Gasteiger partial charge in [0.15, 0.2) is 15.0 Å². The molecule has 0 radical (unpaired) electrons. The Labute approximate surface area is 136 Å². The van der Waals surface area contributed by atoms with Gasteiger partial charge in [0.1, 0.15) is 5.69 Å². The van der Waals surface area contributed by atoms with Gasteiger partial charge in [0.2, 0.25) is 0 Å². The average Bonchev–Trinajstić information content (AvgIpc) is 2.88. The molecule has 1 N–H and O–H groups in total. The van der Waals surface area contributed by atoms with E-state index in [0.29, 0.717) is 15.3 Å². The molecule has 23 heavy (non-hydrogen) atoms. The summed E-state index contributed by atoms with van der Waals surface area (Å²) in [6, 6.07) is 4.65. The van der Waals surface area contributed by atoms with Gasteiger partial charge >= 0.3 is 0 Å². The van der Waals surface area contributed by atoms with Crippen LogP contribution in [0.1, 0.15) is 16.2 Å². The molecule has 0 unspecified atom stereocenters. The number of anilines is 1. The molecule has 118 valence electrons. The zero-order valence-corrected chi connectivity index (χ0v) is 13.9. The maximum atomic E-state index is 12.1. The molecule has 0 aliphatic rings. The number of aryl methyl sites for hydroxylation is 1. The van der Waals surface area contributed by atoms with Gasteiger partial charge in [0.25, 0.3) is 5.91 Å². The summed E-state index contributed by atoms with van der Waals surface area (Å²) in [5, 5.41) is 3.02. The lowest BCUT2D eigenvalue weighted by Gasteiger charge is -2.00. The lowest BCUT2D eigenvalue weighted by atomic mass is 10.3. The highest BCUT2D eigenvalue weighted by molar-refractivity contribution is 7.90. The zero-order valence-electron chi connectivity index (χ0n) is 12.3. The monoisotopic (exact) mass is 348 g/mol. The molecule has 0 aliphatic carbocycles. The van der Waals surface area contributed by atoms with Crippen LogP contribution in [0.3, 0.4) is 0 Å². The van der Waals surface area contributed by atoms with E-state index in [1.807, 2.05) is 0 Å². The second-order valence-corrected chi connectivity index (χ2v) is 7.96. The number of benzene rings is 1. The summed E-state index contributed by atoms with van der Waals surface area (Å²) < 4.78 is 23.8. The Morgan fingerprint density at radius 2 is 2.00 bits per heavy atom. The van der Waals surface area contributed by atoms with E-state index < -0.39 is 15.7 Å². The summed E-state index contributed by atoms with van der Waals surface area (Å²) in [6.07, 6.45) is 4.04. The quantitative estimate of drug-likeness (QED) is 0.777. The van der Waals surface area contributed by atoms with E-state index in [-0.39, 0.29) is 10.6 Å². The fraction of sp³-hybridized carbons (Fsp3) is 0.143. The molecule has 2 aromatic heterocycles. The lowest BCUT2D eigenvalue weighted by molar-refractivity contribution is 0.102. The minimum atomic E-state index is -3.28. The molecule has 9 heteroatoms. The standard InChI is InChI=1S/C14H12N4O3S2/c1-8-6-16-11(7-15-8)13(19)18-14-17-10-4-3-9(23(2,20)21)5-12(10)22-14/h3-7H,1-2H3,(H,17,18,19). The first-order valence-corrected chi connectivity index (χ1v) is 9.24. The zero-order chi connectivity index (χ0) is 16.6. The third kappa shape index (κ3) is 3.35. The summed E-state index contributed by atoms with van der Waals surface area (Å²) in [5.74, 6) is -0.417. The highest BCUT2D eigenvalue weighted by atomic mass is 32.2. The molecule has 3 rings (SSSR count). The number of carbonyl (C=O) groups excluding carboxylic acids is 1. The van der Waals surface area contributed by atoms with E-state index in [9.17, 15) is 13.2 Å². The maximum absolute atomic E-state index is 12.1. The number of fused-ring (bicyclic) bond motifs is 1. The summed E-state index contributed by atoms with van der Waals surface area (Å²) in [6.45, 7) is 1.78. The van der Waals surface area contributed by atoms with Crippen molar-refractivity contribution in [1.29, 1.82) is 0 Å². The molecule has 0 aliphatic heterocycles. The van der Waals surface area contributed by atoms with Crippen molar-refractivity contribution in [3.63, 3.8) is 0 Å². The van der Waals surface area contributed by atoms with Crippen LogP contribution in [0.15, 0.2) is 35.5 Å². The number of rotatable bonds is 3. The SMILES string of the molecule is Cc1cnc(C(=O)Nc2nc3ccc(S(C)(=O)=O)cc3s2)cn1. The van der Waals surface area contributed by atoms with Crippen LogP contribution >= 0.6 is 11.3 Å². The second kappa shape index (κ2) is 5.67. The molecule has 1 amide bonds. The van der Waals surface area contributed by atoms with Gasteiger partial charge in [0, 0.05) is 12.5 Å². The molecular formula is C14H12N4O3S2. The largest absolute Gasteiger partial charge is 0.296 e. The number of amides is 1. The molecule has 0 saturated heterocycles. The van der Waals surface area contributed by atoms with Crippen molar-refractivity contribution >= 4 is 42.4 Å². The summed E-state index contributed by atoms with van der Waals surface area (Å²) >= 11 is 1.20. The normalized spacial score (nSPS) is 11.6. The summed E-state index contributed by atoms with van der Waals surface area (Å²) in [4.78, 5) is 24.6. The highest BCUT2D eigenvalue weighted by Gasteiger charge is 2.13. The van der Waals surface area contributed by atoms with Gasteiger partial charge in [-0.15, -0.1) is 0 Å². The summed E-state index contributed by atoms with van der Waals surface area (Å²) in [5.41, 5.74) is 1.52. The van der Waals surface area contributed by atoms with Crippen LogP contribution in [0.4, 0.5) is 5.13 Å². The molecule has 0 spiro atoms. The first kappa shape index (κ1) is 15.5. The Balaban J connectivity index is 1.89. The molecule has 2 heterocycles. The van der Waals surface area contributed by atoms with Crippen LogP contribution in [-0.4, -0.2) is 35.5 Å². The minimum Gasteiger partial charge on any atom is -0.296 e. The van der Waals surface area contributed by atoms with Gasteiger partial charge in [-0.1, -0.05) is 11.3 Å². The molecule has 0 atom stereocenters. The van der Waals surface area contributed by atoms with Gasteiger partial charge in [-0.2, -0.15) is 0 Å². The second-order valence-electron chi connectivity index (χ2n) is 4.92. The Morgan fingerprint density at radius 3 is 2.65 bits per heavy atom. The summed E-state index contributed by atoms with van der Waals surface area (Å²) in [7, 11) is -3.28. The number of sulfone groups is 1. The number of hydrogen-bond acceptors (Lipinski definition) is 7. The van der Waals surface area contributed by atoms with E-state index in [1.54, 1.807) is 19.1 Å². The van der Waals surface area contributed by atoms with E-state index >= 15 is 0 Å². The number of nitrogens with one attached hydrogen (secondary N) is 1. The first-order valence-electron chi connectivity index (χ1n) is 6.53. The molecule has 7 nitrogen and oxygen atoms in total. The van der Waals surface area contributed by atoms with E-state index in [0.717, 1.165) is 11.9 Å². The van der Waals surface area contributed by atoms with Crippen molar-refractivity contribution in [2.75, 3.05) is 11.6 Å². The smallest absolute Gasteiger partial charge is 0.277 e. The Bertz CT molecular complexity index is 995. The number of carbonyl (C=O) groups is 1. The third-order valence-corrected chi connectivity index (χ3v) is 5.07. The van der Waals surface area contributed by atoms with Gasteiger partial charge in [-0.25, -0.2) is 18.4 Å². The van der Waals surface area contributed by atoms with Crippen molar-refractivity contribution in [2.24, 2.45) is 0 Å². The van der Waals surface area contributed by atoms with Crippen LogP contribution < -0.4 is 5.32 Å². The van der Waals surface area contributed by atoms with Gasteiger partial charge in [-0.3, -0.25) is 15.1 Å². The van der Waals surface area contributed by atoms with Gasteiger partial charge in [0.05, 0.1) is 27.0 Å². The topological polar surface area (TPSA) is 102 Å². The molecule has 1 aromatic carbocycles. The van der Waals surface area contributed by atoms with E-state index in [2.05, 4.69) is 20.3 Å². The van der Waals surface area contributed by atoms with Crippen molar-refractivity contribution < 1.29 is 13.2 Å². The minimum absolute atomic E-state index is 0.187. The predicted octanol–water partition coefficient (Wildman–Crippen LogP) is 2.05. The van der Waals surface area contributed by atoms with Crippen LogP contribution in [0.2, 0.25) is 0 Å². The maximum Gasteiger partial charge on any atom is 0.277 e. The van der Waals surface area contributed by atoms with E-state index in [4.69, 9.17) is 0 Å². The predicted molar refractivity (Wildman–Crippen MR) is 87.5 cm³/mol. The van der Waals surface area contributed by atoms with Crippen molar-refractivity contribution in [3.05, 3.63) is 42.0 Å². The average molecular weight is 348 g/mol. The van der Waals surface area contributed by atoms with Crippen molar-refractivity contribution in [2.45, 2.75) is 11.8 Å². The Morgan fingerprint density at radius 1 is 1.22 bits per heavy atom. The fourth-order valence-electron chi connectivity index (χ4n) is 1.86. The van der Waals surface area contributed by atoms with Crippen LogP contribution in [-0.2, 0) is 9.84 Å². The Hall–Kier alpha value is -2.39. The number of aromatic nitrogens is 3. The highest BCUT2D eigenvalue weighted by Crippen LogP contribution is 2.28. The number of hydrogen-bond donors (Lipinski definition) is 1.